The van der Waals surface area contributed by atoms with Gasteiger partial charge >= 0.3 is 6.03 Å². The molecule has 2 N–H and O–H groups in total. The summed E-state index contributed by atoms with van der Waals surface area (Å²) in [5, 5.41) is 6.11. The zero-order chi connectivity index (χ0) is 14.8. The quantitative estimate of drug-likeness (QED) is 0.806. The van der Waals surface area contributed by atoms with Crippen LogP contribution in [0, 0.1) is 0 Å². The summed E-state index contributed by atoms with van der Waals surface area (Å²) in [6, 6.07) is 0.296. The molecule has 21 heavy (non-hydrogen) atoms. The third-order valence-electron chi connectivity index (χ3n) is 4.66. The number of urea groups is 1. The van der Waals surface area contributed by atoms with Gasteiger partial charge in [0.15, 0.2) is 0 Å². The lowest BCUT2D eigenvalue weighted by atomic mass is 9.98. The maximum Gasteiger partial charge on any atom is 0.317 e. The van der Waals surface area contributed by atoms with Gasteiger partial charge in [-0.2, -0.15) is 0 Å². The van der Waals surface area contributed by atoms with Crippen molar-refractivity contribution in [1.82, 2.24) is 10.6 Å². The lowest BCUT2D eigenvalue weighted by Crippen LogP contribution is -2.46. The van der Waals surface area contributed by atoms with E-state index in [-0.39, 0.29) is 12.3 Å². The van der Waals surface area contributed by atoms with Crippen LogP contribution in [0.25, 0.3) is 0 Å². The summed E-state index contributed by atoms with van der Waals surface area (Å²) >= 11 is 0. The van der Waals surface area contributed by atoms with E-state index in [1.165, 1.54) is 57.8 Å². The summed E-state index contributed by atoms with van der Waals surface area (Å²) < 4.78 is 5.45. The third-order valence-corrected chi connectivity index (χ3v) is 4.66. The average molecular weight is 296 g/mol. The molecule has 2 rings (SSSR count). The van der Waals surface area contributed by atoms with E-state index in [9.17, 15) is 4.79 Å². The molecule has 0 bridgehead atoms. The highest BCUT2D eigenvalue weighted by Crippen LogP contribution is 2.17. The van der Waals surface area contributed by atoms with E-state index in [1.807, 2.05) is 0 Å². The molecule has 2 amide bonds. The molecule has 1 aliphatic carbocycles. The second-order valence-corrected chi connectivity index (χ2v) is 6.58. The molecule has 122 valence electrons. The number of carbonyl (C=O) groups excluding carboxylic acids is 1. The molecule has 1 unspecified atom stereocenters. The normalized spacial score (nSPS) is 26.6. The lowest BCUT2D eigenvalue weighted by molar-refractivity contribution is 0.0901. The Labute approximate surface area is 129 Å². The summed E-state index contributed by atoms with van der Waals surface area (Å²) in [6.07, 6.45) is 16.2. The SMILES string of the molecule is O=C(NC1CCCCCCCCCCC1)NC1CCCO1. The largest absolute Gasteiger partial charge is 0.358 e. The molecule has 1 aliphatic heterocycles. The van der Waals surface area contributed by atoms with Gasteiger partial charge in [0.2, 0.25) is 0 Å². The van der Waals surface area contributed by atoms with Crippen LogP contribution in [0.1, 0.15) is 83.5 Å². The molecule has 0 aromatic carbocycles. The fourth-order valence-corrected chi connectivity index (χ4v) is 3.37. The van der Waals surface area contributed by atoms with E-state index < -0.39 is 0 Å². The molecule has 0 spiro atoms. The monoisotopic (exact) mass is 296 g/mol. The number of carbonyl (C=O) groups is 1. The summed E-state index contributed by atoms with van der Waals surface area (Å²) in [5.41, 5.74) is 0. The van der Waals surface area contributed by atoms with Gasteiger partial charge in [0.05, 0.1) is 0 Å². The highest BCUT2D eigenvalue weighted by Gasteiger charge is 2.19. The van der Waals surface area contributed by atoms with Gasteiger partial charge < -0.3 is 15.4 Å². The zero-order valence-corrected chi connectivity index (χ0v) is 13.4. The molecule has 4 heteroatoms. The predicted octanol–water partition coefficient (Wildman–Crippen LogP) is 4.10. The van der Waals surface area contributed by atoms with E-state index >= 15 is 0 Å². The van der Waals surface area contributed by atoms with Crippen LogP contribution in [0.5, 0.6) is 0 Å². The molecule has 2 fully saturated rings. The smallest absolute Gasteiger partial charge is 0.317 e. The first-order valence-electron chi connectivity index (χ1n) is 9.03. The van der Waals surface area contributed by atoms with Crippen LogP contribution in [0.3, 0.4) is 0 Å². The number of amides is 2. The van der Waals surface area contributed by atoms with Crippen LogP contribution in [0.15, 0.2) is 0 Å². The molecule has 2 aliphatic rings. The second-order valence-electron chi connectivity index (χ2n) is 6.58. The molecule has 1 atom stereocenters. The molecule has 1 saturated carbocycles. The minimum Gasteiger partial charge on any atom is -0.358 e. The average Bonchev–Trinajstić information content (AvgIpc) is 2.94. The van der Waals surface area contributed by atoms with Crippen LogP contribution in [0.4, 0.5) is 4.79 Å². The Morgan fingerprint density at radius 1 is 0.714 bits per heavy atom. The van der Waals surface area contributed by atoms with Crippen LogP contribution in [0.2, 0.25) is 0 Å². The van der Waals surface area contributed by atoms with Crippen LogP contribution in [-0.4, -0.2) is 24.9 Å². The number of ether oxygens (including phenoxy) is 1. The number of nitrogens with one attached hydrogen (secondary N) is 2. The summed E-state index contributed by atoms with van der Waals surface area (Å²) in [7, 11) is 0. The molecule has 1 heterocycles. The van der Waals surface area contributed by atoms with Crippen molar-refractivity contribution in [2.24, 2.45) is 0 Å². The van der Waals surface area contributed by atoms with Crippen LogP contribution in [-0.2, 0) is 4.74 Å². The van der Waals surface area contributed by atoms with Gasteiger partial charge in [-0.05, 0) is 25.7 Å². The van der Waals surface area contributed by atoms with Crippen molar-refractivity contribution in [2.45, 2.75) is 95.7 Å². The van der Waals surface area contributed by atoms with Crippen LogP contribution < -0.4 is 10.6 Å². The first-order chi connectivity index (χ1) is 10.3. The molecule has 0 aromatic heterocycles. The van der Waals surface area contributed by atoms with Crippen molar-refractivity contribution in [2.75, 3.05) is 6.61 Å². The van der Waals surface area contributed by atoms with Crippen molar-refractivity contribution in [1.29, 1.82) is 0 Å². The minimum absolute atomic E-state index is 0.0426. The van der Waals surface area contributed by atoms with E-state index in [2.05, 4.69) is 10.6 Å². The molecule has 1 saturated heterocycles. The van der Waals surface area contributed by atoms with Crippen molar-refractivity contribution in [3.05, 3.63) is 0 Å². The van der Waals surface area contributed by atoms with Gasteiger partial charge in [-0.15, -0.1) is 0 Å². The topological polar surface area (TPSA) is 50.4 Å². The highest BCUT2D eigenvalue weighted by atomic mass is 16.5. The Morgan fingerprint density at radius 3 is 1.81 bits per heavy atom. The van der Waals surface area contributed by atoms with Crippen molar-refractivity contribution >= 4 is 6.03 Å². The van der Waals surface area contributed by atoms with E-state index in [0.717, 1.165) is 32.3 Å². The molecule has 0 radical (unpaired) electrons. The predicted molar refractivity (Wildman–Crippen MR) is 85.2 cm³/mol. The fourth-order valence-electron chi connectivity index (χ4n) is 3.37. The van der Waals surface area contributed by atoms with Crippen molar-refractivity contribution < 1.29 is 9.53 Å². The number of rotatable bonds is 2. The Kier molecular flexibility index (Phi) is 7.94. The second kappa shape index (κ2) is 10.0. The van der Waals surface area contributed by atoms with Crippen molar-refractivity contribution in [3.63, 3.8) is 0 Å². The highest BCUT2D eigenvalue weighted by molar-refractivity contribution is 5.74. The van der Waals surface area contributed by atoms with Gasteiger partial charge in [-0.3, -0.25) is 0 Å². The summed E-state index contributed by atoms with van der Waals surface area (Å²) in [6.45, 7) is 0.772. The lowest BCUT2D eigenvalue weighted by Gasteiger charge is -2.21. The molecular weight excluding hydrogens is 264 g/mol. The Bertz CT molecular complexity index is 279. The van der Waals surface area contributed by atoms with E-state index in [1.54, 1.807) is 0 Å². The summed E-state index contributed by atoms with van der Waals surface area (Å²) in [5.74, 6) is 0. The Hall–Kier alpha value is -0.770. The van der Waals surface area contributed by atoms with Crippen molar-refractivity contribution in [3.8, 4) is 0 Å². The van der Waals surface area contributed by atoms with Gasteiger partial charge in [0.1, 0.15) is 6.23 Å². The van der Waals surface area contributed by atoms with E-state index in [4.69, 9.17) is 4.74 Å². The fraction of sp³-hybridized carbons (Fsp3) is 0.941. The Balaban J connectivity index is 1.70. The maximum absolute atomic E-state index is 12.0. The van der Waals surface area contributed by atoms with Gasteiger partial charge in [-0.25, -0.2) is 4.79 Å². The van der Waals surface area contributed by atoms with Gasteiger partial charge in [-0.1, -0.05) is 57.8 Å². The maximum atomic E-state index is 12.0. The number of hydrogen-bond acceptors (Lipinski definition) is 2. The Morgan fingerprint density at radius 2 is 1.29 bits per heavy atom. The zero-order valence-electron chi connectivity index (χ0n) is 13.4. The van der Waals surface area contributed by atoms with Crippen LogP contribution >= 0.6 is 0 Å². The standard InChI is InChI=1S/C17H32N2O2/c20-17(19-16-13-10-14-21-16)18-15-11-8-6-4-2-1-3-5-7-9-12-15/h15-16H,1-14H2,(H2,18,19,20). The first-order valence-corrected chi connectivity index (χ1v) is 9.03. The van der Waals surface area contributed by atoms with Gasteiger partial charge in [0.25, 0.3) is 0 Å². The number of hydrogen-bond donors (Lipinski definition) is 2. The molecule has 4 nitrogen and oxygen atoms in total. The molecule has 0 aromatic rings. The molecular formula is C17H32N2O2. The minimum atomic E-state index is -0.0729. The van der Waals surface area contributed by atoms with Gasteiger partial charge in [0, 0.05) is 12.6 Å². The first kappa shape index (κ1) is 16.6. The van der Waals surface area contributed by atoms with E-state index in [0.29, 0.717) is 6.04 Å². The summed E-state index contributed by atoms with van der Waals surface area (Å²) in [4.78, 5) is 12.0. The third kappa shape index (κ3) is 7.16.